The van der Waals surface area contributed by atoms with Crippen molar-refractivity contribution >= 4 is 17.6 Å². The largest absolute Gasteiger partial charge is 0.477 e. The number of carboxylic acids is 1. The SMILES string of the molecule is O=C(O)c1cccc(C(O)C(O)CCCl)n1. The van der Waals surface area contributed by atoms with Gasteiger partial charge in [-0.05, 0) is 18.6 Å². The molecular weight excluding hydrogens is 234 g/mol. The Hall–Kier alpha value is -1.17. The highest BCUT2D eigenvalue weighted by molar-refractivity contribution is 6.17. The van der Waals surface area contributed by atoms with Crippen LogP contribution in [0.25, 0.3) is 0 Å². The molecule has 1 aromatic rings. The number of rotatable bonds is 5. The maximum atomic E-state index is 10.6. The molecule has 1 rings (SSSR count). The Balaban J connectivity index is 2.86. The van der Waals surface area contributed by atoms with E-state index in [0.29, 0.717) is 0 Å². The van der Waals surface area contributed by atoms with Crippen LogP contribution in [0.3, 0.4) is 0 Å². The first kappa shape index (κ1) is 12.9. The van der Waals surface area contributed by atoms with E-state index in [1.807, 2.05) is 0 Å². The van der Waals surface area contributed by atoms with Crippen LogP contribution in [0.4, 0.5) is 0 Å². The molecule has 16 heavy (non-hydrogen) atoms. The van der Waals surface area contributed by atoms with Crippen molar-refractivity contribution in [2.45, 2.75) is 18.6 Å². The Bertz CT molecular complexity index is 372. The van der Waals surface area contributed by atoms with Gasteiger partial charge in [-0.2, -0.15) is 0 Å². The molecule has 0 aromatic carbocycles. The zero-order chi connectivity index (χ0) is 12.1. The number of halogens is 1. The number of aromatic carboxylic acids is 1. The number of hydrogen-bond donors (Lipinski definition) is 3. The van der Waals surface area contributed by atoms with Crippen LogP contribution in [0.2, 0.25) is 0 Å². The molecule has 0 bridgehead atoms. The third kappa shape index (κ3) is 3.16. The second-order valence-electron chi connectivity index (χ2n) is 3.24. The molecule has 0 aliphatic rings. The molecule has 0 fully saturated rings. The average Bonchev–Trinajstić information content (AvgIpc) is 2.28. The molecule has 0 saturated heterocycles. The van der Waals surface area contributed by atoms with Gasteiger partial charge in [0, 0.05) is 5.88 Å². The van der Waals surface area contributed by atoms with Gasteiger partial charge >= 0.3 is 5.97 Å². The molecule has 5 nitrogen and oxygen atoms in total. The average molecular weight is 246 g/mol. The van der Waals surface area contributed by atoms with E-state index in [1.54, 1.807) is 0 Å². The van der Waals surface area contributed by atoms with Gasteiger partial charge in [0.1, 0.15) is 11.8 Å². The van der Waals surface area contributed by atoms with Crippen molar-refractivity contribution in [3.8, 4) is 0 Å². The van der Waals surface area contributed by atoms with Crippen molar-refractivity contribution < 1.29 is 20.1 Å². The van der Waals surface area contributed by atoms with Crippen LogP contribution in [0.1, 0.15) is 28.7 Å². The predicted octanol–water partition coefficient (Wildman–Crippen LogP) is 0.803. The van der Waals surface area contributed by atoms with E-state index in [4.69, 9.17) is 16.7 Å². The number of carboxylic acid groups (broad SMARTS) is 1. The smallest absolute Gasteiger partial charge is 0.354 e. The van der Waals surface area contributed by atoms with Crippen molar-refractivity contribution in [2.75, 3.05) is 5.88 Å². The summed E-state index contributed by atoms with van der Waals surface area (Å²) in [6, 6.07) is 4.23. The molecule has 88 valence electrons. The molecule has 2 atom stereocenters. The molecule has 6 heteroatoms. The van der Waals surface area contributed by atoms with Crippen molar-refractivity contribution in [2.24, 2.45) is 0 Å². The van der Waals surface area contributed by atoms with Crippen LogP contribution in [0.15, 0.2) is 18.2 Å². The second-order valence-corrected chi connectivity index (χ2v) is 3.62. The minimum atomic E-state index is -1.22. The number of carbonyl (C=O) groups is 1. The minimum absolute atomic E-state index is 0.123. The van der Waals surface area contributed by atoms with E-state index in [1.165, 1.54) is 18.2 Å². The molecule has 3 N–H and O–H groups in total. The van der Waals surface area contributed by atoms with Crippen molar-refractivity contribution in [1.82, 2.24) is 4.98 Å². The highest BCUT2D eigenvalue weighted by Crippen LogP contribution is 2.17. The van der Waals surface area contributed by atoms with Gasteiger partial charge in [-0.3, -0.25) is 0 Å². The number of pyridine rings is 1. The Kier molecular flexibility index (Phi) is 4.67. The molecule has 1 heterocycles. The van der Waals surface area contributed by atoms with Gasteiger partial charge in [0.25, 0.3) is 0 Å². The predicted molar refractivity (Wildman–Crippen MR) is 57.5 cm³/mol. The molecule has 1 aromatic heterocycles. The van der Waals surface area contributed by atoms with Crippen LogP contribution in [-0.4, -0.2) is 38.3 Å². The van der Waals surface area contributed by atoms with E-state index >= 15 is 0 Å². The van der Waals surface area contributed by atoms with Gasteiger partial charge in [0.05, 0.1) is 11.8 Å². The van der Waals surface area contributed by atoms with Gasteiger partial charge in [-0.25, -0.2) is 9.78 Å². The number of nitrogens with zero attached hydrogens (tertiary/aromatic N) is 1. The van der Waals surface area contributed by atoms with E-state index in [2.05, 4.69) is 4.98 Å². The molecule has 2 unspecified atom stereocenters. The van der Waals surface area contributed by atoms with Crippen molar-refractivity contribution in [3.05, 3.63) is 29.6 Å². The molecule has 0 aliphatic carbocycles. The molecule has 0 saturated carbocycles. The summed E-state index contributed by atoms with van der Waals surface area (Å²) in [6.07, 6.45) is -2.06. The lowest BCUT2D eigenvalue weighted by Crippen LogP contribution is -2.20. The number of aliphatic hydroxyl groups is 2. The zero-order valence-electron chi connectivity index (χ0n) is 8.38. The topological polar surface area (TPSA) is 90.7 Å². The summed E-state index contributed by atoms with van der Waals surface area (Å²) in [4.78, 5) is 14.4. The van der Waals surface area contributed by atoms with Crippen LogP contribution in [-0.2, 0) is 0 Å². The van der Waals surface area contributed by atoms with Gasteiger partial charge in [0.2, 0.25) is 0 Å². The van der Waals surface area contributed by atoms with Crippen LogP contribution < -0.4 is 0 Å². The Morgan fingerprint density at radius 1 is 1.44 bits per heavy atom. The Morgan fingerprint density at radius 3 is 2.69 bits per heavy atom. The number of aliphatic hydroxyl groups excluding tert-OH is 2. The maximum absolute atomic E-state index is 10.6. The molecule has 0 amide bonds. The fraction of sp³-hybridized carbons (Fsp3) is 0.400. The van der Waals surface area contributed by atoms with Gasteiger partial charge in [0.15, 0.2) is 0 Å². The number of aromatic nitrogens is 1. The molecule has 0 radical (unpaired) electrons. The summed E-state index contributed by atoms with van der Waals surface area (Å²) in [5.41, 5.74) is -0.0489. The minimum Gasteiger partial charge on any atom is -0.477 e. The van der Waals surface area contributed by atoms with E-state index in [9.17, 15) is 15.0 Å². The van der Waals surface area contributed by atoms with Crippen LogP contribution in [0, 0.1) is 0 Å². The van der Waals surface area contributed by atoms with E-state index in [-0.39, 0.29) is 23.7 Å². The monoisotopic (exact) mass is 245 g/mol. The zero-order valence-corrected chi connectivity index (χ0v) is 9.13. The molecule has 0 aliphatic heterocycles. The van der Waals surface area contributed by atoms with E-state index < -0.39 is 18.2 Å². The second kappa shape index (κ2) is 5.79. The lowest BCUT2D eigenvalue weighted by molar-refractivity contribution is 0.0142. The third-order valence-electron chi connectivity index (χ3n) is 2.06. The normalized spacial score (nSPS) is 14.4. The summed E-state index contributed by atoms with van der Waals surface area (Å²) in [6.45, 7) is 0. The van der Waals surface area contributed by atoms with Crippen LogP contribution in [0.5, 0.6) is 0 Å². The summed E-state index contributed by atoms with van der Waals surface area (Å²) in [5, 5.41) is 27.8. The lowest BCUT2D eigenvalue weighted by atomic mass is 10.1. The first-order valence-corrected chi connectivity index (χ1v) is 5.22. The van der Waals surface area contributed by atoms with Gasteiger partial charge in [-0.15, -0.1) is 11.6 Å². The number of hydrogen-bond acceptors (Lipinski definition) is 4. The summed E-state index contributed by atoms with van der Waals surface area (Å²) in [7, 11) is 0. The first-order valence-electron chi connectivity index (χ1n) is 4.68. The fourth-order valence-electron chi connectivity index (χ4n) is 1.20. The summed E-state index contributed by atoms with van der Waals surface area (Å²) < 4.78 is 0. The molecule has 0 spiro atoms. The fourth-order valence-corrected chi connectivity index (χ4v) is 1.43. The molecular formula is C10H12ClNO4. The summed E-state index contributed by atoms with van der Waals surface area (Å²) >= 11 is 5.42. The highest BCUT2D eigenvalue weighted by atomic mass is 35.5. The maximum Gasteiger partial charge on any atom is 0.354 e. The van der Waals surface area contributed by atoms with E-state index in [0.717, 1.165) is 0 Å². The van der Waals surface area contributed by atoms with Gasteiger partial charge in [-0.1, -0.05) is 6.07 Å². The lowest BCUT2D eigenvalue weighted by Gasteiger charge is -2.16. The number of alkyl halides is 1. The standard InChI is InChI=1S/C10H12ClNO4/c11-5-4-8(13)9(14)6-2-1-3-7(12-6)10(15)16/h1-3,8-9,13-14H,4-5H2,(H,15,16). The Labute approximate surface area is 97.3 Å². The quantitative estimate of drug-likeness (QED) is 0.668. The van der Waals surface area contributed by atoms with Gasteiger partial charge < -0.3 is 15.3 Å². The van der Waals surface area contributed by atoms with Crippen LogP contribution >= 0.6 is 11.6 Å². The first-order chi connectivity index (χ1) is 7.56. The summed E-state index contributed by atoms with van der Waals surface area (Å²) in [5.74, 6) is -0.975. The van der Waals surface area contributed by atoms with Crippen molar-refractivity contribution in [3.63, 3.8) is 0 Å². The highest BCUT2D eigenvalue weighted by Gasteiger charge is 2.20. The Morgan fingerprint density at radius 2 is 2.12 bits per heavy atom. The third-order valence-corrected chi connectivity index (χ3v) is 2.28. The van der Waals surface area contributed by atoms with Crippen molar-refractivity contribution in [1.29, 1.82) is 0 Å².